The van der Waals surface area contributed by atoms with Crippen molar-refractivity contribution in [3.8, 4) is 22.3 Å². The zero-order valence-electron chi connectivity index (χ0n) is 30.3. The van der Waals surface area contributed by atoms with E-state index in [0.717, 1.165) is 17.1 Å². The normalized spacial score (nSPS) is 14.4. The van der Waals surface area contributed by atoms with Crippen LogP contribution in [0.15, 0.2) is 188 Å². The van der Waals surface area contributed by atoms with Crippen LogP contribution in [0.5, 0.6) is 0 Å². The highest BCUT2D eigenvalue weighted by atomic mass is 32.1. The first-order valence-corrected chi connectivity index (χ1v) is 19.7. The van der Waals surface area contributed by atoms with E-state index >= 15 is 0 Å². The smallest absolute Gasteiger partial charge is 0.0720 e. The summed E-state index contributed by atoms with van der Waals surface area (Å²) in [5.74, 6) is 0. The average molecular weight is 708 g/mol. The fourth-order valence-corrected chi connectivity index (χ4v) is 10.9. The third-order valence-corrected chi connectivity index (χ3v) is 13.3. The van der Waals surface area contributed by atoms with Crippen molar-refractivity contribution in [3.05, 3.63) is 221 Å². The molecule has 256 valence electrons. The van der Waals surface area contributed by atoms with Crippen LogP contribution in [0.25, 0.3) is 42.4 Å². The largest absolute Gasteiger partial charge is 0.310 e. The summed E-state index contributed by atoms with van der Waals surface area (Å²) in [5, 5.41) is 2.62. The first-order valence-electron chi connectivity index (χ1n) is 18.8. The molecule has 2 aliphatic rings. The molecule has 0 radical (unpaired) electrons. The molecule has 54 heavy (non-hydrogen) atoms. The lowest BCUT2D eigenvalue weighted by atomic mass is 9.55. The van der Waals surface area contributed by atoms with Gasteiger partial charge in [0.25, 0.3) is 0 Å². The van der Waals surface area contributed by atoms with Gasteiger partial charge in [0.2, 0.25) is 0 Å². The molecule has 1 aromatic heterocycles. The highest BCUT2D eigenvalue weighted by Crippen LogP contribution is 2.62. The molecular formula is C52H37NS. The first-order chi connectivity index (χ1) is 26.5. The van der Waals surface area contributed by atoms with Gasteiger partial charge in [0, 0.05) is 42.6 Å². The van der Waals surface area contributed by atoms with Gasteiger partial charge in [0.05, 0.1) is 5.41 Å². The molecule has 11 rings (SSSR count). The Balaban J connectivity index is 1.18. The second kappa shape index (κ2) is 11.6. The summed E-state index contributed by atoms with van der Waals surface area (Å²) in [7, 11) is 0. The van der Waals surface area contributed by atoms with Crippen molar-refractivity contribution in [2.75, 3.05) is 4.90 Å². The van der Waals surface area contributed by atoms with Gasteiger partial charge in [-0.2, -0.15) is 0 Å². The summed E-state index contributed by atoms with van der Waals surface area (Å²) < 4.78 is 2.61. The molecule has 9 aromatic rings. The Hall–Kier alpha value is -6.22. The minimum atomic E-state index is -0.455. The summed E-state index contributed by atoms with van der Waals surface area (Å²) in [6.45, 7) is 4.78. The van der Waals surface area contributed by atoms with E-state index in [-0.39, 0.29) is 5.41 Å². The number of hydrogen-bond donors (Lipinski definition) is 0. The van der Waals surface area contributed by atoms with Crippen LogP contribution in [0.2, 0.25) is 0 Å². The van der Waals surface area contributed by atoms with Gasteiger partial charge in [-0.1, -0.05) is 159 Å². The number of rotatable bonds is 4. The monoisotopic (exact) mass is 707 g/mol. The van der Waals surface area contributed by atoms with Gasteiger partial charge in [-0.25, -0.2) is 0 Å². The van der Waals surface area contributed by atoms with E-state index in [1.54, 1.807) is 0 Å². The molecule has 1 nitrogen and oxygen atoms in total. The van der Waals surface area contributed by atoms with Gasteiger partial charge in [0.15, 0.2) is 0 Å². The molecule has 0 unspecified atom stereocenters. The molecular weight excluding hydrogens is 671 g/mol. The van der Waals surface area contributed by atoms with Crippen molar-refractivity contribution in [3.63, 3.8) is 0 Å². The number of fused-ring (bicyclic) bond motifs is 12. The van der Waals surface area contributed by atoms with Gasteiger partial charge < -0.3 is 4.90 Å². The van der Waals surface area contributed by atoms with Crippen LogP contribution in [-0.2, 0) is 10.8 Å². The standard InChI is InChI=1S/C52H37NS/c1-51(2)44-19-9-11-21-46(44)52(47-22-12-10-20-45(47)51)43-18-8-6-16-39(43)40-30-28-37(32-48(40)52)53(36-26-24-35(25-27-36)34-14-4-3-5-15-34)38-29-31-42-41-17-7-13-23-49(41)54-50(42)33-38/h3-33H,1-2H3. The first kappa shape index (κ1) is 31.3. The van der Waals surface area contributed by atoms with E-state index in [4.69, 9.17) is 0 Å². The van der Waals surface area contributed by atoms with Crippen LogP contribution in [0.3, 0.4) is 0 Å². The molecule has 0 bridgehead atoms. The summed E-state index contributed by atoms with van der Waals surface area (Å²) in [4.78, 5) is 2.46. The number of anilines is 3. The lowest BCUT2D eigenvalue weighted by molar-refractivity contribution is 0.563. The molecule has 0 amide bonds. The number of benzene rings is 8. The van der Waals surface area contributed by atoms with Crippen LogP contribution < -0.4 is 4.90 Å². The van der Waals surface area contributed by atoms with Crippen LogP contribution in [0.1, 0.15) is 47.2 Å². The van der Waals surface area contributed by atoms with Gasteiger partial charge >= 0.3 is 0 Å². The van der Waals surface area contributed by atoms with Crippen LogP contribution >= 0.6 is 11.3 Å². The lowest BCUT2D eigenvalue weighted by Gasteiger charge is -2.46. The Morgan fingerprint density at radius 3 is 1.63 bits per heavy atom. The van der Waals surface area contributed by atoms with E-state index in [1.807, 2.05) is 11.3 Å². The molecule has 2 aliphatic carbocycles. The topological polar surface area (TPSA) is 3.24 Å². The zero-order valence-corrected chi connectivity index (χ0v) is 31.1. The number of hydrogen-bond acceptors (Lipinski definition) is 2. The molecule has 0 saturated heterocycles. The van der Waals surface area contributed by atoms with Gasteiger partial charge in [-0.3, -0.25) is 0 Å². The van der Waals surface area contributed by atoms with E-state index in [9.17, 15) is 0 Å². The molecule has 0 atom stereocenters. The Morgan fingerprint density at radius 1 is 0.370 bits per heavy atom. The molecule has 2 heteroatoms. The van der Waals surface area contributed by atoms with Crippen molar-refractivity contribution >= 4 is 48.6 Å². The summed E-state index contributed by atoms with van der Waals surface area (Å²) in [6, 6.07) is 70.2. The maximum atomic E-state index is 2.50. The maximum Gasteiger partial charge on any atom is 0.0720 e. The van der Waals surface area contributed by atoms with Crippen molar-refractivity contribution in [1.82, 2.24) is 0 Å². The Labute approximate surface area is 320 Å². The fourth-order valence-electron chi connectivity index (χ4n) is 9.72. The predicted octanol–water partition coefficient (Wildman–Crippen LogP) is 14.2. The van der Waals surface area contributed by atoms with Crippen LogP contribution in [-0.4, -0.2) is 0 Å². The van der Waals surface area contributed by atoms with Gasteiger partial charge in [-0.05, 0) is 98.1 Å². The molecule has 1 heterocycles. The summed E-state index contributed by atoms with van der Waals surface area (Å²) in [6.07, 6.45) is 0. The second-order valence-corrected chi connectivity index (χ2v) is 16.4. The van der Waals surface area contributed by atoms with E-state index in [1.165, 1.54) is 75.8 Å². The van der Waals surface area contributed by atoms with E-state index in [0.29, 0.717) is 0 Å². The minimum Gasteiger partial charge on any atom is -0.310 e. The maximum absolute atomic E-state index is 2.50. The quantitative estimate of drug-likeness (QED) is 0.176. The van der Waals surface area contributed by atoms with Gasteiger partial charge in [0.1, 0.15) is 0 Å². The molecule has 1 spiro atoms. The third kappa shape index (κ3) is 4.32. The highest BCUT2D eigenvalue weighted by Gasteiger charge is 2.53. The number of thiophene rings is 1. The molecule has 0 aliphatic heterocycles. The lowest BCUT2D eigenvalue weighted by Crippen LogP contribution is -2.40. The van der Waals surface area contributed by atoms with Crippen molar-refractivity contribution in [2.45, 2.75) is 24.7 Å². The Bertz CT molecular complexity index is 2860. The molecule has 0 N–H and O–H groups in total. The second-order valence-electron chi connectivity index (χ2n) is 15.3. The Kier molecular flexibility index (Phi) is 6.75. The van der Waals surface area contributed by atoms with Crippen molar-refractivity contribution in [1.29, 1.82) is 0 Å². The molecule has 0 saturated carbocycles. The van der Waals surface area contributed by atoms with Crippen LogP contribution in [0.4, 0.5) is 17.1 Å². The van der Waals surface area contributed by atoms with E-state index < -0.39 is 5.41 Å². The number of nitrogens with zero attached hydrogens (tertiary/aromatic N) is 1. The van der Waals surface area contributed by atoms with Gasteiger partial charge in [-0.15, -0.1) is 11.3 Å². The van der Waals surface area contributed by atoms with E-state index in [2.05, 4.69) is 207 Å². The molecule has 8 aromatic carbocycles. The summed E-state index contributed by atoms with van der Waals surface area (Å²) >= 11 is 1.87. The van der Waals surface area contributed by atoms with Crippen LogP contribution in [0, 0.1) is 0 Å². The average Bonchev–Trinajstić information content (AvgIpc) is 3.74. The summed E-state index contributed by atoms with van der Waals surface area (Å²) in [5.41, 5.74) is 16.1. The minimum absolute atomic E-state index is 0.139. The zero-order chi connectivity index (χ0) is 36.0. The van der Waals surface area contributed by atoms with Crippen molar-refractivity contribution < 1.29 is 0 Å². The Morgan fingerprint density at radius 2 is 0.889 bits per heavy atom. The third-order valence-electron chi connectivity index (χ3n) is 12.1. The van der Waals surface area contributed by atoms with Crippen molar-refractivity contribution in [2.24, 2.45) is 0 Å². The fraction of sp³-hybridized carbons (Fsp3) is 0.0769. The SMILES string of the molecule is CC1(C)c2ccccc2C2(c3ccccc3-c3ccc(N(c4ccc(-c5ccccc5)cc4)c4ccc5c(c4)sc4ccccc45)cc32)c2ccccc21. The highest BCUT2D eigenvalue weighted by molar-refractivity contribution is 7.25. The molecule has 0 fully saturated rings. The predicted molar refractivity (Wildman–Crippen MR) is 229 cm³/mol.